The summed E-state index contributed by atoms with van der Waals surface area (Å²) >= 11 is 0. The minimum atomic E-state index is -1.90. The summed E-state index contributed by atoms with van der Waals surface area (Å²) in [6.07, 6.45) is 0. The standard InChI is InChI=1S/C16H22O7/c1-10(2)13(17)21-7-16(20,8-22-14(18)11(3)4)9-23-15(19)12(5)6/h20H,1,3,5,7-9H2,2,4,6H3. The molecule has 0 aromatic carbocycles. The fraction of sp³-hybridized carbons (Fsp3) is 0.438. The van der Waals surface area contributed by atoms with Crippen LogP contribution in [-0.2, 0) is 28.6 Å². The lowest BCUT2D eigenvalue weighted by Gasteiger charge is -2.26. The van der Waals surface area contributed by atoms with E-state index < -0.39 is 43.3 Å². The average Bonchev–Trinajstić information content (AvgIpc) is 2.47. The van der Waals surface area contributed by atoms with Crippen LogP contribution in [-0.4, -0.2) is 48.4 Å². The summed E-state index contributed by atoms with van der Waals surface area (Å²) in [6.45, 7) is 12.9. The number of aliphatic hydroxyl groups is 1. The third kappa shape index (κ3) is 7.96. The first kappa shape index (κ1) is 20.6. The van der Waals surface area contributed by atoms with Crippen molar-refractivity contribution >= 4 is 17.9 Å². The number of hydrogen-bond acceptors (Lipinski definition) is 7. The van der Waals surface area contributed by atoms with Gasteiger partial charge in [0.2, 0.25) is 0 Å². The van der Waals surface area contributed by atoms with Crippen molar-refractivity contribution in [1.82, 2.24) is 0 Å². The zero-order valence-corrected chi connectivity index (χ0v) is 13.6. The van der Waals surface area contributed by atoms with Crippen LogP contribution in [0.3, 0.4) is 0 Å². The fourth-order valence-corrected chi connectivity index (χ4v) is 1.09. The Hall–Kier alpha value is -2.41. The van der Waals surface area contributed by atoms with E-state index in [9.17, 15) is 19.5 Å². The summed E-state index contributed by atoms with van der Waals surface area (Å²) in [6, 6.07) is 0. The van der Waals surface area contributed by atoms with Gasteiger partial charge in [-0.3, -0.25) is 0 Å². The average molecular weight is 326 g/mol. The molecule has 0 radical (unpaired) electrons. The highest BCUT2D eigenvalue weighted by molar-refractivity contribution is 5.88. The van der Waals surface area contributed by atoms with Crippen LogP contribution in [0.2, 0.25) is 0 Å². The van der Waals surface area contributed by atoms with Crippen LogP contribution in [0.25, 0.3) is 0 Å². The molecule has 0 aliphatic rings. The Bertz CT molecular complexity index is 456. The number of carbonyl (C=O) groups is 3. The van der Waals surface area contributed by atoms with Crippen LogP contribution in [0.4, 0.5) is 0 Å². The quantitative estimate of drug-likeness (QED) is 0.384. The number of esters is 3. The lowest BCUT2D eigenvalue weighted by Crippen LogP contribution is -2.46. The maximum absolute atomic E-state index is 11.4. The van der Waals surface area contributed by atoms with Gasteiger partial charge >= 0.3 is 17.9 Å². The molecule has 0 aromatic rings. The van der Waals surface area contributed by atoms with Gasteiger partial charge in [0.15, 0.2) is 5.60 Å². The third-order valence-electron chi connectivity index (χ3n) is 2.46. The topological polar surface area (TPSA) is 99.1 Å². The lowest BCUT2D eigenvalue weighted by molar-refractivity contribution is -0.170. The largest absolute Gasteiger partial charge is 0.459 e. The van der Waals surface area contributed by atoms with Crippen LogP contribution in [0.15, 0.2) is 36.5 Å². The highest BCUT2D eigenvalue weighted by Gasteiger charge is 2.33. The van der Waals surface area contributed by atoms with Crippen molar-refractivity contribution in [1.29, 1.82) is 0 Å². The normalized spacial score (nSPS) is 10.4. The maximum atomic E-state index is 11.4. The van der Waals surface area contributed by atoms with E-state index in [0.29, 0.717) is 0 Å². The molecule has 0 aromatic heterocycles. The molecule has 0 saturated carbocycles. The molecule has 0 bridgehead atoms. The third-order valence-corrected chi connectivity index (χ3v) is 2.46. The second-order valence-electron chi connectivity index (χ2n) is 5.29. The predicted molar refractivity (Wildman–Crippen MR) is 82.3 cm³/mol. The second-order valence-corrected chi connectivity index (χ2v) is 5.29. The first-order valence-electron chi connectivity index (χ1n) is 6.69. The van der Waals surface area contributed by atoms with Gasteiger partial charge in [-0.25, -0.2) is 14.4 Å². The number of ether oxygens (including phenoxy) is 3. The van der Waals surface area contributed by atoms with Gasteiger partial charge in [0.05, 0.1) is 0 Å². The molecule has 0 spiro atoms. The summed E-state index contributed by atoms with van der Waals surface area (Å²) in [4.78, 5) is 34.2. The SMILES string of the molecule is C=C(C)C(=O)OCC(O)(COC(=O)C(=C)C)COC(=O)C(=C)C. The van der Waals surface area contributed by atoms with Crippen molar-refractivity contribution in [3.63, 3.8) is 0 Å². The first-order chi connectivity index (χ1) is 10.5. The molecule has 0 heterocycles. The van der Waals surface area contributed by atoms with Crippen LogP contribution >= 0.6 is 0 Å². The first-order valence-corrected chi connectivity index (χ1v) is 6.69. The Morgan fingerprint density at radius 1 is 0.739 bits per heavy atom. The Morgan fingerprint density at radius 3 is 1.13 bits per heavy atom. The van der Waals surface area contributed by atoms with E-state index >= 15 is 0 Å². The molecule has 0 atom stereocenters. The minimum absolute atomic E-state index is 0.130. The van der Waals surface area contributed by atoms with Crippen LogP contribution in [0, 0.1) is 0 Å². The molecule has 0 aliphatic heterocycles. The molecule has 0 aliphatic carbocycles. The zero-order chi connectivity index (χ0) is 18.2. The molecular weight excluding hydrogens is 304 g/mol. The summed E-state index contributed by atoms with van der Waals surface area (Å²) in [5.74, 6) is -2.21. The van der Waals surface area contributed by atoms with Gasteiger partial charge in [0, 0.05) is 16.7 Å². The molecule has 0 unspecified atom stereocenters. The Morgan fingerprint density at radius 2 is 0.957 bits per heavy atom. The van der Waals surface area contributed by atoms with Crippen molar-refractivity contribution in [2.75, 3.05) is 19.8 Å². The van der Waals surface area contributed by atoms with Crippen molar-refractivity contribution in [3.8, 4) is 0 Å². The van der Waals surface area contributed by atoms with Crippen molar-refractivity contribution < 1.29 is 33.7 Å². The number of hydrogen-bond donors (Lipinski definition) is 1. The van der Waals surface area contributed by atoms with E-state index in [-0.39, 0.29) is 16.7 Å². The highest BCUT2D eigenvalue weighted by Crippen LogP contribution is 2.11. The monoisotopic (exact) mass is 326 g/mol. The van der Waals surface area contributed by atoms with E-state index in [1.807, 2.05) is 0 Å². The van der Waals surface area contributed by atoms with Gasteiger partial charge in [0.1, 0.15) is 19.8 Å². The molecule has 0 amide bonds. The van der Waals surface area contributed by atoms with Gasteiger partial charge < -0.3 is 19.3 Å². The van der Waals surface area contributed by atoms with Crippen molar-refractivity contribution in [2.45, 2.75) is 26.4 Å². The fourth-order valence-electron chi connectivity index (χ4n) is 1.09. The van der Waals surface area contributed by atoms with Crippen molar-refractivity contribution in [2.24, 2.45) is 0 Å². The van der Waals surface area contributed by atoms with Gasteiger partial charge in [-0.1, -0.05) is 19.7 Å². The number of rotatable bonds is 9. The van der Waals surface area contributed by atoms with E-state index in [4.69, 9.17) is 14.2 Å². The molecular formula is C16H22O7. The van der Waals surface area contributed by atoms with E-state index in [2.05, 4.69) is 19.7 Å². The molecule has 7 nitrogen and oxygen atoms in total. The number of carbonyl (C=O) groups excluding carboxylic acids is 3. The van der Waals surface area contributed by atoms with Crippen LogP contribution in [0.5, 0.6) is 0 Å². The van der Waals surface area contributed by atoms with Crippen molar-refractivity contribution in [3.05, 3.63) is 36.5 Å². The van der Waals surface area contributed by atoms with E-state index in [0.717, 1.165) is 0 Å². The summed E-state index contributed by atoms with van der Waals surface area (Å²) in [7, 11) is 0. The Labute approximate surface area is 135 Å². The molecule has 0 fully saturated rings. The Kier molecular flexibility index (Phi) is 7.96. The molecule has 23 heavy (non-hydrogen) atoms. The maximum Gasteiger partial charge on any atom is 0.333 e. The molecule has 1 N–H and O–H groups in total. The van der Waals surface area contributed by atoms with E-state index in [1.165, 1.54) is 20.8 Å². The summed E-state index contributed by atoms with van der Waals surface area (Å²) in [5, 5.41) is 10.4. The molecule has 0 rings (SSSR count). The summed E-state index contributed by atoms with van der Waals surface area (Å²) in [5.41, 5.74) is -1.51. The molecule has 0 saturated heterocycles. The molecule has 7 heteroatoms. The van der Waals surface area contributed by atoms with E-state index in [1.54, 1.807) is 0 Å². The second kappa shape index (κ2) is 8.89. The van der Waals surface area contributed by atoms with Crippen LogP contribution in [0.1, 0.15) is 20.8 Å². The predicted octanol–water partition coefficient (Wildman–Crippen LogP) is 1.08. The van der Waals surface area contributed by atoms with Gasteiger partial charge in [-0.05, 0) is 20.8 Å². The minimum Gasteiger partial charge on any atom is -0.459 e. The van der Waals surface area contributed by atoms with Gasteiger partial charge in [-0.2, -0.15) is 0 Å². The van der Waals surface area contributed by atoms with Gasteiger partial charge in [-0.15, -0.1) is 0 Å². The van der Waals surface area contributed by atoms with Crippen LogP contribution < -0.4 is 0 Å². The Balaban J connectivity index is 4.87. The molecule has 128 valence electrons. The zero-order valence-electron chi connectivity index (χ0n) is 13.6. The smallest absolute Gasteiger partial charge is 0.333 e. The van der Waals surface area contributed by atoms with Gasteiger partial charge in [0.25, 0.3) is 0 Å². The summed E-state index contributed by atoms with van der Waals surface area (Å²) < 4.78 is 14.5. The lowest BCUT2D eigenvalue weighted by atomic mass is 10.1. The highest BCUT2D eigenvalue weighted by atomic mass is 16.6.